The number of hydrogen-bond acceptors (Lipinski definition) is 5. The van der Waals surface area contributed by atoms with Crippen LogP contribution < -0.4 is 10.6 Å². The highest BCUT2D eigenvalue weighted by atomic mass is 16.5. The van der Waals surface area contributed by atoms with Gasteiger partial charge in [-0.25, -0.2) is 14.3 Å². The summed E-state index contributed by atoms with van der Waals surface area (Å²) in [4.78, 5) is 36.0. The minimum Gasteiger partial charge on any atom is -0.448 e. The Morgan fingerprint density at radius 1 is 1.22 bits per heavy atom. The van der Waals surface area contributed by atoms with E-state index in [0.717, 1.165) is 36.2 Å². The van der Waals surface area contributed by atoms with Crippen LogP contribution in [0.25, 0.3) is 5.69 Å². The molecule has 1 atom stereocenters. The molecule has 0 unspecified atom stereocenters. The topological polar surface area (TPSA) is 102 Å². The Balaban J connectivity index is 1.76. The van der Waals surface area contributed by atoms with Crippen molar-refractivity contribution in [3.8, 4) is 5.69 Å². The zero-order valence-electron chi connectivity index (χ0n) is 15.3. The van der Waals surface area contributed by atoms with Crippen molar-refractivity contribution in [1.29, 1.82) is 0 Å². The van der Waals surface area contributed by atoms with Crippen LogP contribution in [-0.2, 0) is 22.4 Å². The number of para-hydroxylation sites is 1. The van der Waals surface area contributed by atoms with Crippen molar-refractivity contribution >= 4 is 17.9 Å². The van der Waals surface area contributed by atoms with Crippen LogP contribution in [0.3, 0.4) is 0 Å². The Hall–Kier alpha value is -3.16. The van der Waals surface area contributed by atoms with Gasteiger partial charge in [-0.05, 0) is 45.2 Å². The number of imide groups is 1. The van der Waals surface area contributed by atoms with Crippen LogP contribution in [0, 0.1) is 0 Å². The predicted octanol–water partition coefficient (Wildman–Crippen LogP) is 1.75. The standard InChI is InChI=1S/C19H22N4O4/c1-3-20-19(26)21-17(24)12(2)27-18(25)16-14-10-7-11-15(14)23(22-16)13-8-5-4-6-9-13/h4-6,8-9,12H,3,7,10-11H2,1-2H3,(H2,20,21,24,26)/t12-/m1/s1. The van der Waals surface area contributed by atoms with E-state index in [4.69, 9.17) is 4.74 Å². The highest BCUT2D eigenvalue weighted by molar-refractivity contribution is 5.98. The third-order valence-electron chi connectivity index (χ3n) is 4.35. The molecule has 1 aliphatic carbocycles. The Kier molecular flexibility index (Phi) is 5.54. The normalized spacial score (nSPS) is 13.6. The number of carbonyl (C=O) groups is 3. The summed E-state index contributed by atoms with van der Waals surface area (Å²) in [7, 11) is 0. The van der Waals surface area contributed by atoms with Gasteiger partial charge in [0, 0.05) is 17.8 Å². The highest BCUT2D eigenvalue weighted by Gasteiger charge is 2.30. The Bertz CT molecular complexity index is 860. The van der Waals surface area contributed by atoms with Crippen molar-refractivity contribution in [2.45, 2.75) is 39.2 Å². The third-order valence-corrected chi connectivity index (χ3v) is 4.35. The number of urea groups is 1. The molecular weight excluding hydrogens is 348 g/mol. The van der Waals surface area contributed by atoms with E-state index in [1.54, 1.807) is 11.6 Å². The van der Waals surface area contributed by atoms with Crippen LogP contribution in [-0.4, -0.2) is 40.3 Å². The second-order valence-corrected chi connectivity index (χ2v) is 6.27. The zero-order chi connectivity index (χ0) is 19.4. The number of aromatic nitrogens is 2. The maximum absolute atomic E-state index is 12.6. The largest absolute Gasteiger partial charge is 0.448 e. The van der Waals surface area contributed by atoms with E-state index < -0.39 is 24.0 Å². The van der Waals surface area contributed by atoms with Crippen molar-refractivity contribution in [3.63, 3.8) is 0 Å². The van der Waals surface area contributed by atoms with E-state index in [1.807, 2.05) is 30.3 Å². The van der Waals surface area contributed by atoms with Crippen LogP contribution >= 0.6 is 0 Å². The van der Waals surface area contributed by atoms with Crippen molar-refractivity contribution in [1.82, 2.24) is 20.4 Å². The minimum atomic E-state index is -1.11. The number of nitrogens with one attached hydrogen (secondary N) is 2. The molecule has 1 heterocycles. The third kappa shape index (κ3) is 3.99. The number of ether oxygens (including phenoxy) is 1. The maximum atomic E-state index is 12.6. The molecule has 0 radical (unpaired) electrons. The van der Waals surface area contributed by atoms with E-state index in [0.29, 0.717) is 6.54 Å². The lowest BCUT2D eigenvalue weighted by Crippen LogP contribution is -2.44. The van der Waals surface area contributed by atoms with Crippen molar-refractivity contribution in [2.75, 3.05) is 6.54 Å². The monoisotopic (exact) mass is 370 g/mol. The fourth-order valence-electron chi connectivity index (χ4n) is 3.07. The number of hydrogen-bond donors (Lipinski definition) is 2. The molecule has 27 heavy (non-hydrogen) atoms. The number of esters is 1. The Morgan fingerprint density at radius 3 is 2.67 bits per heavy atom. The molecule has 8 nitrogen and oxygen atoms in total. The van der Waals surface area contributed by atoms with Gasteiger partial charge in [0.05, 0.1) is 5.69 Å². The van der Waals surface area contributed by atoms with Gasteiger partial charge in [-0.15, -0.1) is 0 Å². The van der Waals surface area contributed by atoms with Gasteiger partial charge < -0.3 is 10.1 Å². The van der Waals surface area contributed by atoms with Crippen LogP contribution in [0.2, 0.25) is 0 Å². The Labute approximate surface area is 156 Å². The summed E-state index contributed by atoms with van der Waals surface area (Å²) in [5.41, 5.74) is 2.95. The number of benzene rings is 1. The summed E-state index contributed by atoms with van der Waals surface area (Å²) >= 11 is 0. The molecule has 142 valence electrons. The molecule has 8 heteroatoms. The van der Waals surface area contributed by atoms with Crippen LogP contribution in [0.5, 0.6) is 0 Å². The van der Waals surface area contributed by atoms with Gasteiger partial charge in [0.1, 0.15) is 0 Å². The molecule has 3 rings (SSSR count). The summed E-state index contributed by atoms with van der Waals surface area (Å²) in [6.07, 6.45) is 1.40. The lowest BCUT2D eigenvalue weighted by Gasteiger charge is -2.12. The van der Waals surface area contributed by atoms with Crippen LogP contribution in [0.1, 0.15) is 42.0 Å². The van der Waals surface area contributed by atoms with Crippen molar-refractivity contribution in [3.05, 3.63) is 47.3 Å². The van der Waals surface area contributed by atoms with Crippen LogP contribution in [0.15, 0.2) is 30.3 Å². The summed E-state index contributed by atoms with van der Waals surface area (Å²) in [5.74, 6) is -1.35. The first-order chi connectivity index (χ1) is 13.0. The summed E-state index contributed by atoms with van der Waals surface area (Å²) in [5, 5.41) is 9.01. The minimum absolute atomic E-state index is 0.226. The molecule has 2 aromatic rings. The van der Waals surface area contributed by atoms with Gasteiger partial charge in [0.2, 0.25) is 0 Å². The molecule has 0 bridgehead atoms. The van der Waals surface area contributed by atoms with Gasteiger partial charge >= 0.3 is 12.0 Å². The second kappa shape index (κ2) is 8.03. The first-order valence-electron chi connectivity index (χ1n) is 8.97. The number of nitrogens with zero attached hydrogens (tertiary/aromatic N) is 2. The van der Waals surface area contributed by atoms with E-state index in [2.05, 4.69) is 15.7 Å². The van der Waals surface area contributed by atoms with Crippen molar-refractivity contribution in [2.24, 2.45) is 0 Å². The molecule has 3 amide bonds. The number of amides is 3. The van der Waals surface area contributed by atoms with E-state index in [-0.39, 0.29) is 5.69 Å². The van der Waals surface area contributed by atoms with Gasteiger partial charge in [0.25, 0.3) is 5.91 Å². The summed E-state index contributed by atoms with van der Waals surface area (Å²) < 4.78 is 7.01. The molecule has 0 fully saturated rings. The summed E-state index contributed by atoms with van der Waals surface area (Å²) in [6, 6.07) is 8.94. The molecule has 0 aliphatic heterocycles. The van der Waals surface area contributed by atoms with Gasteiger partial charge in [-0.1, -0.05) is 18.2 Å². The van der Waals surface area contributed by atoms with Crippen molar-refractivity contribution < 1.29 is 19.1 Å². The lowest BCUT2D eigenvalue weighted by molar-refractivity contribution is -0.127. The molecule has 1 aromatic heterocycles. The molecule has 0 saturated carbocycles. The SMILES string of the molecule is CCNC(=O)NC(=O)[C@@H](C)OC(=O)c1nn(-c2ccccc2)c2c1CCC2. The molecular formula is C19H22N4O4. The number of carbonyl (C=O) groups excluding carboxylic acids is 3. The fourth-order valence-corrected chi connectivity index (χ4v) is 3.07. The average Bonchev–Trinajstić information content (AvgIpc) is 3.24. The van der Waals surface area contributed by atoms with Crippen LogP contribution in [0.4, 0.5) is 4.79 Å². The first kappa shape index (κ1) is 18.6. The molecule has 2 N–H and O–H groups in total. The molecule has 1 aromatic carbocycles. The zero-order valence-corrected chi connectivity index (χ0v) is 15.3. The summed E-state index contributed by atoms with van der Waals surface area (Å²) in [6.45, 7) is 3.54. The quantitative estimate of drug-likeness (QED) is 0.781. The number of fused-ring (bicyclic) bond motifs is 1. The molecule has 1 aliphatic rings. The van der Waals surface area contributed by atoms with E-state index in [1.165, 1.54) is 6.92 Å². The molecule has 0 spiro atoms. The smallest absolute Gasteiger partial charge is 0.359 e. The molecule has 0 saturated heterocycles. The maximum Gasteiger partial charge on any atom is 0.359 e. The van der Waals surface area contributed by atoms with Gasteiger partial charge in [-0.2, -0.15) is 5.10 Å². The fraction of sp³-hybridized carbons (Fsp3) is 0.368. The van der Waals surface area contributed by atoms with E-state index in [9.17, 15) is 14.4 Å². The van der Waals surface area contributed by atoms with Gasteiger partial charge in [-0.3, -0.25) is 10.1 Å². The van der Waals surface area contributed by atoms with Gasteiger partial charge in [0.15, 0.2) is 11.8 Å². The average molecular weight is 370 g/mol. The lowest BCUT2D eigenvalue weighted by atomic mass is 10.2. The highest BCUT2D eigenvalue weighted by Crippen LogP contribution is 2.28. The first-order valence-corrected chi connectivity index (χ1v) is 8.97. The Morgan fingerprint density at radius 2 is 1.96 bits per heavy atom. The van der Waals surface area contributed by atoms with E-state index >= 15 is 0 Å². The number of rotatable bonds is 5. The predicted molar refractivity (Wildman–Crippen MR) is 97.7 cm³/mol. The second-order valence-electron chi connectivity index (χ2n) is 6.27.